The molecule has 0 unspecified atom stereocenters. The van der Waals surface area contributed by atoms with Gasteiger partial charge in [0.15, 0.2) is 0 Å². The number of aryl methyl sites for hydroxylation is 2. The molecule has 0 saturated carbocycles. The zero-order chi connectivity index (χ0) is 19.1. The summed E-state index contributed by atoms with van der Waals surface area (Å²) in [5.74, 6) is -0.510. The van der Waals surface area contributed by atoms with Gasteiger partial charge in [-0.25, -0.2) is 0 Å². The van der Waals surface area contributed by atoms with Crippen molar-refractivity contribution >= 4 is 16.7 Å². The normalized spacial score (nSPS) is 11.0. The Bertz CT molecular complexity index is 1220. The van der Waals surface area contributed by atoms with E-state index in [1.807, 2.05) is 44.2 Å². The fourth-order valence-corrected chi connectivity index (χ4v) is 3.48. The van der Waals surface area contributed by atoms with Gasteiger partial charge in [-0.1, -0.05) is 18.2 Å². The molecule has 0 saturated heterocycles. The van der Waals surface area contributed by atoms with Crippen molar-refractivity contribution in [3.05, 3.63) is 88.1 Å². The van der Waals surface area contributed by atoms with E-state index < -0.39 is 5.91 Å². The summed E-state index contributed by atoms with van der Waals surface area (Å²) >= 11 is 0. The van der Waals surface area contributed by atoms with E-state index in [9.17, 15) is 9.59 Å². The average molecular weight is 358 g/mol. The highest BCUT2D eigenvalue weighted by Crippen LogP contribution is 2.26. The standard InChI is InChI=1S/C21H18N4O2/c1-13-18-12-23-25(17-10-8-15(9-11-17)20(22)26)21(27)19(18)14(2)24(13)16-6-4-3-5-7-16/h3-12H,1-2H3,(H2,22,26). The highest BCUT2D eigenvalue weighted by Gasteiger charge is 2.17. The molecule has 6 nitrogen and oxygen atoms in total. The molecule has 0 fully saturated rings. The number of fused-ring (bicyclic) bond motifs is 1. The topological polar surface area (TPSA) is 82.9 Å². The summed E-state index contributed by atoms with van der Waals surface area (Å²) in [4.78, 5) is 24.4. The van der Waals surface area contributed by atoms with Crippen molar-refractivity contribution in [3.8, 4) is 11.4 Å². The number of amides is 1. The Kier molecular flexibility index (Phi) is 3.88. The van der Waals surface area contributed by atoms with Crippen LogP contribution in [-0.2, 0) is 0 Å². The van der Waals surface area contributed by atoms with Crippen molar-refractivity contribution in [2.75, 3.05) is 0 Å². The van der Waals surface area contributed by atoms with Gasteiger partial charge < -0.3 is 10.3 Å². The Hall–Kier alpha value is -3.67. The summed E-state index contributed by atoms with van der Waals surface area (Å²) in [6, 6.07) is 16.4. The smallest absolute Gasteiger partial charge is 0.281 e. The molecule has 0 aliphatic rings. The molecule has 4 aromatic rings. The number of nitrogens with two attached hydrogens (primary N) is 1. The molecular weight excluding hydrogens is 340 g/mol. The molecule has 2 aromatic heterocycles. The highest BCUT2D eigenvalue weighted by molar-refractivity contribution is 5.93. The van der Waals surface area contributed by atoms with E-state index in [0.717, 1.165) is 22.5 Å². The van der Waals surface area contributed by atoms with Crippen LogP contribution in [0.25, 0.3) is 22.1 Å². The highest BCUT2D eigenvalue weighted by atomic mass is 16.1. The number of aromatic nitrogens is 3. The van der Waals surface area contributed by atoms with Gasteiger partial charge in [-0.2, -0.15) is 9.78 Å². The Balaban J connectivity index is 1.94. The number of para-hydroxylation sites is 1. The predicted octanol–water partition coefficient (Wildman–Crippen LogP) is 2.89. The van der Waals surface area contributed by atoms with Crippen LogP contribution in [0.3, 0.4) is 0 Å². The molecule has 27 heavy (non-hydrogen) atoms. The fraction of sp³-hybridized carbons (Fsp3) is 0.0952. The van der Waals surface area contributed by atoms with E-state index in [1.165, 1.54) is 4.68 Å². The van der Waals surface area contributed by atoms with Crippen LogP contribution in [0.2, 0.25) is 0 Å². The fourth-order valence-electron chi connectivity index (χ4n) is 3.48. The molecule has 0 radical (unpaired) electrons. The van der Waals surface area contributed by atoms with Crippen molar-refractivity contribution in [2.45, 2.75) is 13.8 Å². The lowest BCUT2D eigenvalue weighted by molar-refractivity contribution is 0.100. The Morgan fingerprint density at radius 3 is 2.22 bits per heavy atom. The van der Waals surface area contributed by atoms with Crippen molar-refractivity contribution in [3.63, 3.8) is 0 Å². The molecule has 4 rings (SSSR count). The molecule has 6 heteroatoms. The minimum Gasteiger partial charge on any atom is -0.366 e. The SMILES string of the molecule is Cc1c2cnn(-c3ccc(C(N)=O)cc3)c(=O)c2c(C)n1-c1ccccc1. The molecule has 1 amide bonds. The van der Waals surface area contributed by atoms with Crippen LogP contribution in [0.15, 0.2) is 65.6 Å². The first-order valence-corrected chi connectivity index (χ1v) is 8.54. The number of benzene rings is 2. The zero-order valence-electron chi connectivity index (χ0n) is 15.0. The summed E-state index contributed by atoms with van der Waals surface area (Å²) in [7, 11) is 0. The number of hydrogen-bond donors (Lipinski definition) is 1. The molecule has 0 bridgehead atoms. The van der Waals surface area contributed by atoms with Gasteiger partial charge in [0.05, 0.1) is 17.3 Å². The number of primary amides is 1. The third kappa shape index (κ3) is 2.62. The maximum absolute atomic E-state index is 13.2. The second-order valence-corrected chi connectivity index (χ2v) is 6.40. The number of carbonyl (C=O) groups excluding carboxylic acids is 1. The lowest BCUT2D eigenvalue weighted by atomic mass is 10.2. The third-order valence-electron chi connectivity index (χ3n) is 4.81. The zero-order valence-corrected chi connectivity index (χ0v) is 15.0. The first-order chi connectivity index (χ1) is 13.0. The molecule has 134 valence electrons. The van der Waals surface area contributed by atoms with E-state index >= 15 is 0 Å². The second kappa shape index (κ2) is 6.25. The van der Waals surface area contributed by atoms with Crippen LogP contribution in [0, 0.1) is 13.8 Å². The van der Waals surface area contributed by atoms with Gasteiger partial charge in [0.2, 0.25) is 5.91 Å². The van der Waals surface area contributed by atoms with Crippen LogP contribution in [0.4, 0.5) is 0 Å². The minimum absolute atomic E-state index is 0.199. The predicted molar refractivity (Wildman–Crippen MR) is 105 cm³/mol. The summed E-state index contributed by atoms with van der Waals surface area (Å²) < 4.78 is 3.41. The molecule has 0 aliphatic carbocycles. The van der Waals surface area contributed by atoms with Gasteiger partial charge in [-0.15, -0.1) is 0 Å². The molecular formula is C21H18N4O2. The van der Waals surface area contributed by atoms with Crippen LogP contribution in [0.1, 0.15) is 21.7 Å². The van der Waals surface area contributed by atoms with Crippen LogP contribution < -0.4 is 11.3 Å². The first-order valence-electron chi connectivity index (χ1n) is 8.54. The van der Waals surface area contributed by atoms with Gasteiger partial charge in [0.25, 0.3) is 5.56 Å². The number of rotatable bonds is 3. The molecule has 0 spiro atoms. The number of hydrogen-bond acceptors (Lipinski definition) is 3. The van der Waals surface area contributed by atoms with Crippen LogP contribution in [0.5, 0.6) is 0 Å². The third-order valence-corrected chi connectivity index (χ3v) is 4.81. The van der Waals surface area contributed by atoms with Gasteiger partial charge in [-0.3, -0.25) is 9.59 Å². The molecule has 0 aliphatic heterocycles. The van der Waals surface area contributed by atoms with E-state index in [1.54, 1.807) is 30.5 Å². The molecule has 2 aromatic carbocycles. The monoisotopic (exact) mass is 358 g/mol. The summed E-state index contributed by atoms with van der Waals surface area (Å²) in [5, 5.41) is 5.79. The van der Waals surface area contributed by atoms with Gasteiger partial charge in [-0.05, 0) is 50.2 Å². The average Bonchev–Trinajstić information content (AvgIpc) is 2.94. The van der Waals surface area contributed by atoms with Gasteiger partial charge >= 0.3 is 0 Å². The minimum atomic E-state index is -0.510. The van der Waals surface area contributed by atoms with E-state index in [-0.39, 0.29) is 5.56 Å². The molecule has 2 N–H and O–H groups in total. The summed E-state index contributed by atoms with van der Waals surface area (Å²) in [6.45, 7) is 3.92. The Labute approximate surface area is 155 Å². The van der Waals surface area contributed by atoms with Crippen molar-refractivity contribution in [1.29, 1.82) is 0 Å². The maximum atomic E-state index is 13.2. The first kappa shape index (κ1) is 16.8. The molecule has 0 atom stereocenters. The van der Waals surface area contributed by atoms with Gasteiger partial charge in [0, 0.05) is 28.0 Å². The number of nitrogens with zero attached hydrogens (tertiary/aromatic N) is 3. The molecule has 2 heterocycles. The second-order valence-electron chi connectivity index (χ2n) is 6.40. The van der Waals surface area contributed by atoms with Crippen molar-refractivity contribution < 1.29 is 4.79 Å². The largest absolute Gasteiger partial charge is 0.366 e. The van der Waals surface area contributed by atoms with E-state index in [2.05, 4.69) is 9.67 Å². The summed E-state index contributed by atoms with van der Waals surface area (Å²) in [5.41, 5.74) is 8.87. The quantitative estimate of drug-likeness (QED) is 0.611. The Morgan fingerprint density at radius 2 is 1.59 bits per heavy atom. The van der Waals surface area contributed by atoms with Crippen molar-refractivity contribution in [1.82, 2.24) is 14.3 Å². The number of carbonyl (C=O) groups is 1. The van der Waals surface area contributed by atoms with Crippen molar-refractivity contribution in [2.24, 2.45) is 5.73 Å². The van der Waals surface area contributed by atoms with Crippen LogP contribution in [-0.4, -0.2) is 20.3 Å². The van der Waals surface area contributed by atoms with E-state index in [0.29, 0.717) is 16.6 Å². The Morgan fingerprint density at radius 1 is 0.926 bits per heavy atom. The summed E-state index contributed by atoms with van der Waals surface area (Å²) in [6.07, 6.45) is 1.71. The lowest BCUT2D eigenvalue weighted by Gasteiger charge is -2.08. The van der Waals surface area contributed by atoms with Gasteiger partial charge in [0.1, 0.15) is 0 Å². The van der Waals surface area contributed by atoms with Crippen LogP contribution >= 0.6 is 0 Å². The van der Waals surface area contributed by atoms with E-state index in [4.69, 9.17) is 5.73 Å². The lowest BCUT2D eigenvalue weighted by Crippen LogP contribution is -2.21. The maximum Gasteiger partial charge on any atom is 0.281 e.